The van der Waals surface area contributed by atoms with E-state index >= 15 is 0 Å². The van der Waals surface area contributed by atoms with Gasteiger partial charge in [-0.15, -0.1) is 18.9 Å². The van der Waals surface area contributed by atoms with Crippen LogP contribution in [0.3, 0.4) is 0 Å². The Morgan fingerprint density at radius 1 is 0.842 bits per heavy atom. The van der Waals surface area contributed by atoms with Crippen LogP contribution in [0, 0.1) is 12.5 Å². The Labute approximate surface area is 258 Å². The summed E-state index contributed by atoms with van der Waals surface area (Å²) >= 11 is 1.55. The molecule has 200 valence electrons. The van der Waals surface area contributed by atoms with E-state index in [-0.39, 0.29) is 35.6 Å². The molecule has 3 heteroatoms. The molecular weight excluding hydrogens is 583 g/mol. The van der Waals surface area contributed by atoms with Crippen molar-refractivity contribution >= 4 is 14.4 Å². The van der Waals surface area contributed by atoms with Crippen molar-refractivity contribution in [1.82, 2.24) is 0 Å². The van der Waals surface area contributed by atoms with Crippen LogP contribution >= 0.6 is 0 Å². The molecule has 4 aliphatic rings. The number of allylic oxidation sites excluding steroid dienone is 8. The Hall–Kier alpha value is -1.40. The first kappa shape index (κ1) is 32.8. The van der Waals surface area contributed by atoms with Crippen molar-refractivity contribution in [2.45, 2.75) is 85.5 Å². The molecule has 2 aromatic carbocycles. The average molecular weight is 623 g/mol. The van der Waals surface area contributed by atoms with Gasteiger partial charge in [0.05, 0.1) is 0 Å². The van der Waals surface area contributed by atoms with Crippen LogP contribution in [0.15, 0.2) is 54.6 Å². The third kappa shape index (κ3) is 6.84. The second kappa shape index (κ2) is 12.8. The topological polar surface area (TPSA) is 0 Å². The summed E-state index contributed by atoms with van der Waals surface area (Å²) in [5, 5.41) is 0. The normalized spacial score (nSPS) is 17.6. The van der Waals surface area contributed by atoms with Gasteiger partial charge in [-0.25, -0.2) is 24.6 Å². The Balaban J connectivity index is 0.000000398. The van der Waals surface area contributed by atoms with Gasteiger partial charge in [0.2, 0.25) is 0 Å². The number of fused-ring (bicyclic) bond motifs is 5. The molecule has 6 rings (SSSR count). The van der Waals surface area contributed by atoms with Crippen molar-refractivity contribution in [3.63, 3.8) is 0 Å². The first-order chi connectivity index (χ1) is 16.9. The van der Waals surface area contributed by atoms with Crippen LogP contribution in [0.5, 0.6) is 0 Å². The van der Waals surface area contributed by atoms with E-state index in [2.05, 4.69) is 110 Å². The molecule has 0 amide bonds. The summed E-state index contributed by atoms with van der Waals surface area (Å²) in [6.07, 6.45) is 19.3. The van der Waals surface area contributed by atoms with Crippen molar-refractivity contribution in [1.29, 1.82) is 0 Å². The van der Waals surface area contributed by atoms with Crippen molar-refractivity contribution in [2.24, 2.45) is 0 Å². The van der Waals surface area contributed by atoms with Gasteiger partial charge in [0.15, 0.2) is 0 Å². The fourth-order valence-corrected chi connectivity index (χ4v) is 5.51. The van der Waals surface area contributed by atoms with E-state index in [0.29, 0.717) is 0 Å². The number of halogens is 2. The molecule has 0 N–H and O–H groups in total. The van der Waals surface area contributed by atoms with Gasteiger partial charge in [0.25, 0.3) is 0 Å². The van der Waals surface area contributed by atoms with E-state index in [0.717, 1.165) is 19.3 Å². The molecule has 0 saturated heterocycles. The summed E-state index contributed by atoms with van der Waals surface area (Å²) in [6, 6.07) is 9.95. The van der Waals surface area contributed by atoms with E-state index in [1.165, 1.54) is 58.9 Å². The number of hydrogen-bond donors (Lipinski definition) is 0. The van der Waals surface area contributed by atoms with Gasteiger partial charge < -0.3 is 24.8 Å². The van der Waals surface area contributed by atoms with E-state index in [1.54, 1.807) is 24.2 Å². The van der Waals surface area contributed by atoms with Gasteiger partial charge >= 0.3 is 41.3 Å². The van der Waals surface area contributed by atoms with Crippen LogP contribution in [0.4, 0.5) is 0 Å². The molecule has 38 heavy (non-hydrogen) atoms. The first-order valence-electron chi connectivity index (χ1n) is 13.2. The zero-order chi connectivity index (χ0) is 26.3. The number of benzene rings is 2. The van der Waals surface area contributed by atoms with Gasteiger partial charge in [0.1, 0.15) is 0 Å². The minimum Gasteiger partial charge on any atom is -1.00 e. The van der Waals surface area contributed by atoms with Crippen molar-refractivity contribution < 1.29 is 49.0 Å². The molecule has 0 unspecified atom stereocenters. The maximum absolute atomic E-state index is 2.99. The van der Waals surface area contributed by atoms with E-state index in [1.807, 2.05) is 12.2 Å². The van der Waals surface area contributed by atoms with Crippen LogP contribution < -0.4 is 24.8 Å². The van der Waals surface area contributed by atoms with E-state index in [4.69, 9.17) is 0 Å². The smallest absolute Gasteiger partial charge is 0.109 e. The Morgan fingerprint density at radius 2 is 1.39 bits per heavy atom. The quantitative estimate of drug-likeness (QED) is 0.338. The van der Waals surface area contributed by atoms with Gasteiger partial charge in [-0.3, -0.25) is 6.08 Å². The second-order valence-corrected chi connectivity index (χ2v) is 14.5. The number of rotatable bonds is 0. The van der Waals surface area contributed by atoms with Crippen LogP contribution in [-0.4, -0.2) is 3.21 Å². The van der Waals surface area contributed by atoms with Crippen molar-refractivity contribution in [3.05, 3.63) is 101 Å². The summed E-state index contributed by atoms with van der Waals surface area (Å²) in [4.78, 5) is 0. The average Bonchev–Trinajstić information content (AvgIpc) is 3.49. The van der Waals surface area contributed by atoms with Crippen molar-refractivity contribution in [2.75, 3.05) is 0 Å². The molecule has 2 aromatic rings. The third-order valence-electron chi connectivity index (χ3n) is 7.69. The maximum Gasteiger partial charge on any atom is -0.109 e. The summed E-state index contributed by atoms with van der Waals surface area (Å²) in [7, 11) is 0. The molecule has 0 aromatic heterocycles. The summed E-state index contributed by atoms with van der Waals surface area (Å²) in [5.41, 5.74) is 15.0. The molecule has 0 fully saturated rings. The molecule has 4 aliphatic carbocycles. The van der Waals surface area contributed by atoms with Crippen LogP contribution in [0.1, 0.15) is 102 Å². The fourth-order valence-electron chi connectivity index (χ4n) is 5.51. The minimum atomic E-state index is 0. The predicted molar refractivity (Wildman–Crippen MR) is 155 cm³/mol. The summed E-state index contributed by atoms with van der Waals surface area (Å²) < 4.78 is 1.51. The van der Waals surface area contributed by atoms with Crippen LogP contribution in [0.25, 0.3) is 22.3 Å². The Morgan fingerprint density at radius 3 is 1.89 bits per heavy atom. The van der Waals surface area contributed by atoms with Gasteiger partial charge in [0, 0.05) is 0 Å². The third-order valence-corrected chi connectivity index (χ3v) is 7.69. The standard InChI is InChI=1S/C27H29.C5H5.C3H6.2ClH.Zr/c1-16-7-9-26(3,4)24-12-18-11-19-13-25-21(17(2)8-10-27(25,5)6)15-23(19)22(18)14-20(16)24;1-2-4-5-3-1;1-3-2;;;/h7-9,12-15H,10-11H2,1-6H3;1-3H,4H2;1-2H3;2*1H;/q2*-1;;;;+2/p-2. The maximum atomic E-state index is 2.99. The monoisotopic (exact) mass is 620 g/mol. The van der Waals surface area contributed by atoms with E-state index < -0.39 is 0 Å². The largest absolute Gasteiger partial charge is 1.00 e. The first-order valence-corrected chi connectivity index (χ1v) is 14.4. The predicted octanol–water partition coefficient (Wildman–Crippen LogP) is 3.30. The molecule has 0 spiro atoms. The molecule has 0 bridgehead atoms. The summed E-state index contributed by atoms with van der Waals surface area (Å²) in [5.74, 6) is 0. The SMILES string of the molecule is CC1=C[CH-]C(C)(C)c2cc3c(cc21)-c1cc2c(cc1C3)C(C)(C)CC=C2C.C[C](C)=[Zr+2].[C-]1=CC=CC1.[Cl-].[Cl-]. The summed E-state index contributed by atoms with van der Waals surface area (Å²) in [6.45, 7) is 18.2. The molecule has 0 nitrogen and oxygen atoms in total. The van der Waals surface area contributed by atoms with Crippen molar-refractivity contribution in [3.8, 4) is 11.1 Å². The molecule has 0 atom stereocenters. The second-order valence-electron chi connectivity index (χ2n) is 12.0. The van der Waals surface area contributed by atoms with Crippen LogP contribution in [-0.2, 0) is 41.5 Å². The number of hydrogen-bond acceptors (Lipinski definition) is 0. The van der Waals surface area contributed by atoms with Gasteiger partial charge in [-0.1, -0.05) is 62.9 Å². The fraction of sp³-hybridized carbons (Fsp3) is 0.371. The molecule has 0 heterocycles. The van der Waals surface area contributed by atoms with Gasteiger partial charge in [-0.2, -0.15) is 11.6 Å². The van der Waals surface area contributed by atoms with E-state index in [9.17, 15) is 0 Å². The van der Waals surface area contributed by atoms with Gasteiger partial charge in [-0.05, 0) is 70.2 Å². The zero-order valence-electron chi connectivity index (χ0n) is 24.2. The molecular formula is C35H40Cl2Zr-2. The molecule has 0 radical (unpaired) electrons. The molecule has 0 saturated carbocycles. The molecule has 0 aliphatic heterocycles. The minimum absolute atomic E-state index is 0. The Bertz CT molecular complexity index is 1230. The van der Waals surface area contributed by atoms with Crippen LogP contribution in [0.2, 0.25) is 0 Å². The zero-order valence-corrected chi connectivity index (χ0v) is 28.1. The Kier molecular flexibility index (Phi) is 11.1.